The average molecular weight is 328 g/mol. The number of hydrogen-bond donors (Lipinski definition) is 2. The van der Waals surface area contributed by atoms with E-state index >= 15 is 0 Å². The van der Waals surface area contributed by atoms with Gasteiger partial charge in [0, 0.05) is 29.4 Å². The fourth-order valence-electron chi connectivity index (χ4n) is 2.84. The second-order valence-electron chi connectivity index (χ2n) is 5.24. The molecule has 1 aliphatic heterocycles. The van der Waals surface area contributed by atoms with Crippen molar-refractivity contribution in [1.29, 1.82) is 0 Å². The summed E-state index contributed by atoms with van der Waals surface area (Å²) in [5.41, 5.74) is 2.13. The fraction of sp³-hybridized carbons (Fsp3) is 0.600. The Balaban J connectivity index is 2.14. The Morgan fingerprint density at radius 2 is 2.26 bits per heavy atom. The molecule has 1 aromatic carbocycles. The SMILES string of the molecule is C[C@@H](O)c1ccc(N2CCCC2CCCO)cc1Br. The second kappa shape index (κ2) is 6.73. The van der Waals surface area contributed by atoms with Gasteiger partial charge in [0.2, 0.25) is 0 Å². The van der Waals surface area contributed by atoms with Gasteiger partial charge in [-0.15, -0.1) is 0 Å². The van der Waals surface area contributed by atoms with Crippen LogP contribution in [0.3, 0.4) is 0 Å². The van der Waals surface area contributed by atoms with E-state index < -0.39 is 6.10 Å². The van der Waals surface area contributed by atoms with Crippen LogP contribution in [0.1, 0.15) is 44.3 Å². The first-order chi connectivity index (χ1) is 9.13. The van der Waals surface area contributed by atoms with Gasteiger partial charge in [-0.1, -0.05) is 22.0 Å². The number of aliphatic hydroxyl groups is 2. The maximum Gasteiger partial charge on any atom is 0.0772 e. The molecule has 0 spiro atoms. The normalized spacial score (nSPS) is 20.8. The lowest BCUT2D eigenvalue weighted by Crippen LogP contribution is -2.29. The van der Waals surface area contributed by atoms with E-state index in [1.165, 1.54) is 18.5 Å². The molecule has 106 valence electrons. The van der Waals surface area contributed by atoms with Gasteiger partial charge in [-0.2, -0.15) is 0 Å². The molecule has 3 nitrogen and oxygen atoms in total. The van der Waals surface area contributed by atoms with Crippen molar-refractivity contribution in [2.45, 2.75) is 44.8 Å². The molecule has 1 aromatic rings. The number of anilines is 1. The molecule has 0 aromatic heterocycles. The summed E-state index contributed by atoms with van der Waals surface area (Å²) in [7, 11) is 0. The van der Waals surface area contributed by atoms with E-state index in [9.17, 15) is 5.11 Å². The summed E-state index contributed by atoms with van der Waals surface area (Å²) in [6.45, 7) is 3.13. The van der Waals surface area contributed by atoms with Crippen LogP contribution in [0.4, 0.5) is 5.69 Å². The highest BCUT2D eigenvalue weighted by atomic mass is 79.9. The fourth-order valence-corrected chi connectivity index (χ4v) is 3.53. The second-order valence-corrected chi connectivity index (χ2v) is 6.09. The van der Waals surface area contributed by atoms with Crippen molar-refractivity contribution >= 4 is 21.6 Å². The number of halogens is 1. The van der Waals surface area contributed by atoms with Gasteiger partial charge in [0.05, 0.1) is 6.10 Å². The summed E-state index contributed by atoms with van der Waals surface area (Å²) < 4.78 is 0.966. The highest BCUT2D eigenvalue weighted by molar-refractivity contribution is 9.10. The minimum absolute atomic E-state index is 0.273. The van der Waals surface area contributed by atoms with Crippen molar-refractivity contribution < 1.29 is 10.2 Å². The predicted molar refractivity (Wildman–Crippen MR) is 81.5 cm³/mol. The molecule has 1 aliphatic rings. The molecule has 0 saturated carbocycles. The lowest BCUT2D eigenvalue weighted by atomic mass is 10.1. The minimum Gasteiger partial charge on any atom is -0.396 e. The molecule has 2 rings (SSSR count). The molecular formula is C15H22BrNO2. The van der Waals surface area contributed by atoms with E-state index in [-0.39, 0.29) is 6.61 Å². The van der Waals surface area contributed by atoms with E-state index in [4.69, 9.17) is 5.11 Å². The Labute approximate surface area is 123 Å². The van der Waals surface area contributed by atoms with Crippen LogP contribution in [0, 0.1) is 0 Å². The van der Waals surface area contributed by atoms with Gasteiger partial charge < -0.3 is 15.1 Å². The van der Waals surface area contributed by atoms with Crippen molar-refractivity contribution in [1.82, 2.24) is 0 Å². The van der Waals surface area contributed by atoms with Crippen molar-refractivity contribution in [3.63, 3.8) is 0 Å². The average Bonchev–Trinajstić information content (AvgIpc) is 2.83. The third-order valence-corrected chi connectivity index (χ3v) is 4.53. The van der Waals surface area contributed by atoms with Gasteiger partial charge in [-0.05, 0) is 50.3 Å². The molecule has 4 heteroatoms. The topological polar surface area (TPSA) is 43.7 Å². The number of nitrogens with zero attached hydrogens (tertiary/aromatic N) is 1. The van der Waals surface area contributed by atoms with Crippen LogP contribution < -0.4 is 4.90 Å². The third kappa shape index (κ3) is 3.50. The summed E-state index contributed by atoms with van der Waals surface area (Å²) in [6, 6.07) is 6.71. The third-order valence-electron chi connectivity index (χ3n) is 3.84. The Morgan fingerprint density at radius 3 is 2.89 bits per heavy atom. The maximum absolute atomic E-state index is 9.66. The minimum atomic E-state index is -0.452. The lowest BCUT2D eigenvalue weighted by Gasteiger charge is -2.27. The van der Waals surface area contributed by atoms with Crippen molar-refractivity contribution in [2.75, 3.05) is 18.1 Å². The Morgan fingerprint density at radius 1 is 1.47 bits per heavy atom. The van der Waals surface area contributed by atoms with E-state index in [0.29, 0.717) is 6.04 Å². The molecular weight excluding hydrogens is 306 g/mol. The van der Waals surface area contributed by atoms with Crippen LogP contribution in [0.5, 0.6) is 0 Å². The summed E-state index contributed by atoms with van der Waals surface area (Å²) in [4.78, 5) is 2.42. The van der Waals surface area contributed by atoms with E-state index in [2.05, 4.69) is 33.0 Å². The first-order valence-electron chi connectivity index (χ1n) is 6.98. The van der Waals surface area contributed by atoms with E-state index in [0.717, 1.165) is 29.4 Å². The molecule has 0 aliphatic carbocycles. The van der Waals surface area contributed by atoms with Crippen LogP contribution in [-0.2, 0) is 0 Å². The highest BCUT2D eigenvalue weighted by Gasteiger charge is 2.24. The van der Waals surface area contributed by atoms with Gasteiger partial charge in [0.1, 0.15) is 0 Å². The number of hydrogen-bond acceptors (Lipinski definition) is 3. The van der Waals surface area contributed by atoms with Crippen molar-refractivity contribution in [3.05, 3.63) is 28.2 Å². The van der Waals surface area contributed by atoms with Crippen LogP contribution in [0.15, 0.2) is 22.7 Å². The summed E-state index contributed by atoms with van der Waals surface area (Å²) >= 11 is 3.54. The monoisotopic (exact) mass is 327 g/mol. The van der Waals surface area contributed by atoms with E-state index in [1.54, 1.807) is 6.92 Å². The summed E-state index contributed by atoms with van der Waals surface area (Å²) in [5.74, 6) is 0. The first kappa shape index (κ1) is 14.8. The maximum atomic E-state index is 9.66. The zero-order valence-corrected chi connectivity index (χ0v) is 12.9. The predicted octanol–water partition coefficient (Wildman–Crippen LogP) is 3.24. The van der Waals surface area contributed by atoms with Gasteiger partial charge >= 0.3 is 0 Å². The lowest BCUT2D eigenvalue weighted by molar-refractivity contribution is 0.198. The molecule has 0 amide bonds. The highest BCUT2D eigenvalue weighted by Crippen LogP contribution is 2.33. The molecule has 2 atom stereocenters. The molecule has 1 fully saturated rings. The molecule has 1 saturated heterocycles. The largest absolute Gasteiger partial charge is 0.396 e. The smallest absolute Gasteiger partial charge is 0.0772 e. The molecule has 2 N–H and O–H groups in total. The van der Waals surface area contributed by atoms with Gasteiger partial charge in [0.15, 0.2) is 0 Å². The Kier molecular flexibility index (Phi) is 5.25. The quantitative estimate of drug-likeness (QED) is 0.872. The van der Waals surface area contributed by atoms with Crippen LogP contribution in [-0.4, -0.2) is 29.4 Å². The van der Waals surface area contributed by atoms with Crippen LogP contribution >= 0.6 is 15.9 Å². The molecule has 19 heavy (non-hydrogen) atoms. The van der Waals surface area contributed by atoms with Crippen LogP contribution in [0.25, 0.3) is 0 Å². The van der Waals surface area contributed by atoms with Gasteiger partial charge in [-0.25, -0.2) is 0 Å². The van der Waals surface area contributed by atoms with E-state index in [1.807, 2.05) is 6.07 Å². The zero-order valence-electron chi connectivity index (χ0n) is 11.3. The Hall–Kier alpha value is -0.580. The summed E-state index contributed by atoms with van der Waals surface area (Å²) in [5, 5.41) is 18.6. The number of benzene rings is 1. The number of rotatable bonds is 5. The molecule has 1 unspecified atom stereocenters. The molecule has 0 bridgehead atoms. The number of aliphatic hydroxyl groups excluding tert-OH is 2. The van der Waals surface area contributed by atoms with Gasteiger partial charge in [-0.3, -0.25) is 0 Å². The van der Waals surface area contributed by atoms with Gasteiger partial charge in [0.25, 0.3) is 0 Å². The zero-order chi connectivity index (χ0) is 13.8. The molecule has 1 heterocycles. The van der Waals surface area contributed by atoms with Crippen molar-refractivity contribution in [3.8, 4) is 0 Å². The first-order valence-corrected chi connectivity index (χ1v) is 7.77. The van der Waals surface area contributed by atoms with Crippen LogP contribution in [0.2, 0.25) is 0 Å². The Bertz CT molecular complexity index is 423. The molecule has 0 radical (unpaired) electrons. The van der Waals surface area contributed by atoms with Crippen molar-refractivity contribution in [2.24, 2.45) is 0 Å². The summed E-state index contributed by atoms with van der Waals surface area (Å²) in [6.07, 6.45) is 3.88. The standard InChI is InChI=1S/C15H22BrNO2/c1-11(19)14-7-6-13(10-15(14)16)17-8-2-4-12(17)5-3-9-18/h6-7,10-12,18-19H,2-5,8-9H2,1H3/t11-,12?/m1/s1.